The highest BCUT2D eigenvalue weighted by Crippen LogP contribution is 2.28. The molecule has 10 heteroatoms. The first-order chi connectivity index (χ1) is 10.8. The van der Waals surface area contributed by atoms with Crippen LogP contribution in [-0.2, 0) is 19.0 Å². The number of aliphatic carboxylic acids is 1. The van der Waals surface area contributed by atoms with Gasteiger partial charge in [0.1, 0.15) is 24.4 Å². The lowest BCUT2D eigenvalue weighted by Crippen LogP contribution is -2.61. The fourth-order valence-corrected chi connectivity index (χ4v) is 2.68. The maximum absolute atomic E-state index is 10.9. The van der Waals surface area contributed by atoms with Crippen LogP contribution in [0.5, 0.6) is 0 Å². The van der Waals surface area contributed by atoms with Gasteiger partial charge in [0.25, 0.3) is 0 Å². The number of aliphatic hydroxyl groups is 5. The zero-order chi connectivity index (χ0) is 17.3. The van der Waals surface area contributed by atoms with Crippen molar-refractivity contribution in [1.29, 1.82) is 0 Å². The first-order valence-electron chi connectivity index (χ1n) is 7.26. The van der Waals surface area contributed by atoms with E-state index in [2.05, 4.69) is 0 Å². The Kier molecular flexibility index (Phi) is 5.92. The average Bonchev–Trinajstić information content (AvgIpc) is 2.51. The summed E-state index contributed by atoms with van der Waals surface area (Å²) >= 11 is 0. The molecular formula is C13H22O10. The molecule has 2 rings (SSSR count). The molecule has 134 valence electrons. The number of hydrogen-bond acceptors (Lipinski definition) is 9. The molecule has 2 fully saturated rings. The molecule has 0 aromatic carbocycles. The smallest absolute Gasteiger partial charge is 0.335 e. The second-order valence-electron chi connectivity index (χ2n) is 5.81. The minimum absolute atomic E-state index is 0.162. The molecule has 0 bridgehead atoms. The molecule has 2 aliphatic heterocycles. The van der Waals surface area contributed by atoms with Crippen LogP contribution in [0.3, 0.4) is 0 Å². The summed E-state index contributed by atoms with van der Waals surface area (Å²) in [6.07, 6.45) is -10.6. The molecule has 0 aliphatic carbocycles. The van der Waals surface area contributed by atoms with E-state index in [1.54, 1.807) is 6.92 Å². The van der Waals surface area contributed by atoms with Crippen molar-refractivity contribution in [3.63, 3.8) is 0 Å². The Morgan fingerprint density at radius 3 is 2.35 bits per heavy atom. The molecule has 0 aromatic rings. The van der Waals surface area contributed by atoms with Crippen LogP contribution in [0.4, 0.5) is 0 Å². The van der Waals surface area contributed by atoms with Gasteiger partial charge >= 0.3 is 5.97 Å². The Morgan fingerprint density at radius 2 is 1.78 bits per heavy atom. The zero-order valence-electron chi connectivity index (χ0n) is 12.4. The summed E-state index contributed by atoms with van der Waals surface area (Å²) in [6, 6.07) is 0. The second kappa shape index (κ2) is 7.36. The number of ether oxygens (including phenoxy) is 3. The molecule has 0 aromatic heterocycles. The molecule has 2 heterocycles. The van der Waals surface area contributed by atoms with E-state index < -0.39 is 67.5 Å². The Bertz CT molecular complexity index is 416. The number of carbonyl (C=O) groups is 1. The van der Waals surface area contributed by atoms with Crippen LogP contribution < -0.4 is 0 Å². The second-order valence-corrected chi connectivity index (χ2v) is 5.81. The topological polar surface area (TPSA) is 166 Å². The molecule has 0 spiro atoms. The molecule has 23 heavy (non-hydrogen) atoms. The van der Waals surface area contributed by atoms with E-state index in [0.29, 0.717) is 0 Å². The molecule has 0 radical (unpaired) electrons. The summed E-state index contributed by atoms with van der Waals surface area (Å²) in [6.45, 7) is 0.799. The van der Waals surface area contributed by atoms with Gasteiger partial charge < -0.3 is 44.8 Å². The minimum atomic E-state index is -1.58. The van der Waals surface area contributed by atoms with Gasteiger partial charge in [-0.15, -0.1) is 0 Å². The molecule has 10 nitrogen and oxygen atoms in total. The number of carboxylic acids is 1. The third-order valence-corrected chi connectivity index (χ3v) is 4.28. The summed E-state index contributed by atoms with van der Waals surface area (Å²) < 4.78 is 15.7. The molecule has 0 saturated carbocycles. The quantitative estimate of drug-likeness (QED) is 0.305. The standard InChI is InChI=1S/C13H22O10/c1-4-6(3-21-11(7(4)15)12(19)20)23-13-10(18)9(17)8(16)5(2-14)22-13/h4-11,13-18H,2-3H2,1H3,(H,19,20). The van der Waals surface area contributed by atoms with Crippen LogP contribution in [0.25, 0.3) is 0 Å². The fraction of sp³-hybridized carbons (Fsp3) is 0.923. The molecule has 2 saturated heterocycles. The van der Waals surface area contributed by atoms with E-state index in [0.717, 1.165) is 0 Å². The van der Waals surface area contributed by atoms with Crippen LogP contribution >= 0.6 is 0 Å². The minimum Gasteiger partial charge on any atom is -0.479 e. The summed E-state index contributed by atoms with van der Waals surface area (Å²) in [4.78, 5) is 10.9. The summed E-state index contributed by atoms with van der Waals surface area (Å²) in [7, 11) is 0. The summed E-state index contributed by atoms with van der Waals surface area (Å²) in [5, 5.41) is 57.3. The number of aliphatic hydroxyl groups excluding tert-OH is 5. The van der Waals surface area contributed by atoms with Crippen molar-refractivity contribution >= 4 is 5.97 Å². The molecule has 2 aliphatic rings. The van der Waals surface area contributed by atoms with Crippen LogP contribution in [-0.4, -0.2) is 98.8 Å². The lowest BCUT2D eigenvalue weighted by Gasteiger charge is -2.43. The van der Waals surface area contributed by atoms with Gasteiger partial charge in [0, 0.05) is 5.92 Å². The first kappa shape index (κ1) is 18.5. The third kappa shape index (κ3) is 3.64. The number of hydrogen-bond donors (Lipinski definition) is 6. The SMILES string of the molecule is CC1C(OC2OC(CO)C(O)C(O)C2O)COC(C(=O)O)C1O. The predicted molar refractivity (Wildman–Crippen MR) is 71.2 cm³/mol. The van der Waals surface area contributed by atoms with Gasteiger partial charge in [-0.25, -0.2) is 4.79 Å². The van der Waals surface area contributed by atoms with Crippen molar-refractivity contribution in [1.82, 2.24) is 0 Å². The number of carboxylic acid groups (broad SMARTS) is 1. The van der Waals surface area contributed by atoms with Crippen molar-refractivity contribution < 1.29 is 49.6 Å². The Hall–Kier alpha value is -0.850. The molecule has 6 N–H and O–H groups in total. The maximum Gasteiger partial charge on any atom is 0.335 e. The van der Waals surface area contributed by atoms with Gasteiger partial charge in [0.15, 0.2) is 12.4 Å². The Morgan fingerprint density at radius 1 is 1.13 bits per heavy atom. The lowest BCUT2D eigenvalue weighted by molar-refractivity contribution is -0.325. The van der Waals surface area contributed by atoms with E-state index in [4.69, 9.17) is 24.4 Å². The van der Waals surface area contributed by atoms with Gasteiger partial charge in [0.2, 0.25) is 0 Å². The lowest BCUT2D eigenvalue weighted by atomic mass is 9.91. The molecule has 9 unspecified atom stereocenters. The van der Waals surface area contributed by atoms with Crippen molar-refractivity contribution in [2.75, 3.05) is 13.2 Å². The largest absolute Gasteiger partial charge is 0.479 e. The zero-order valence-corrected chi connectivity index (χ0v) is 12.4. The van der Waals surface area contributed by atoms with Gasteiger partial charge in [0.05, 0.1) is 25.4 Å². The van der Waals surface area contributed by atoms with Crippen LogP contribution in [0.2, 0.25) is 0 Å². The van der Waals surface area contributed by atoms with Gasteiger partial charge in [-0.2, -0.15) is 0 Å². The van der Waals surface area contributed by atoms with Crippen molar-refractivity contribution in [2.24, 2.45) is 5.92 Å². The fourth-order valence-electron chi connectivity index (χ4n) is 2.68. The van der Waals surface area contributed by atoms with E-state index in [-0.39, 0.29) is 6.61 Å². The van der Waals surface area contributed by atoms with Crippen LogP contribution in [0.1, 0.15) is 6.92 Å². The van der Waals surface area contributed by atoms with Crippen LogP contribution in [0.15, 0.2) is 0 Å². The van der Waals surface area contributed by atoms with Crippen LogP contribution in [0, 0.1) is 5.92 Å². The van der Waals surface area contributed by atoms with Gasteiger partial charge in [-0.3, -0.25) is 0 Å². The highest BCUT2D eigenvalue weighted by molar-refractivity contribution is 5.73. The predicted octanol–water partition coefficient (Wildman–Crippen LogP) is -3.35. The highest BCUT2D eigenvalue weighted by Gasteiger charge is 2.47. The van der Waals surface area contributed by atoms with Gasteiger partial charge in [-0.1, -0.05) is 6.92 Å². The Labute approximate surface area is 131 Å². The highest BCUT2D eigenvalue weighted by atomic mass is 16.7. The van der Waals surface area contributed by atoms with Crippen molar-refractivity contribution in [3.8, 4) is 0 Å². The monoisotopic (exact) mass is 338 g/mol. The average molecular weight is 338 g/mol. The first-order valence-corrected chi connectivity index (χ1v) is 7.26. The van der Waals surface area contributed by atoms with E-state index in [1.807, 2.05) is 0 Å². The summed E-state index contributed by atoms with van der Waals surface area (Å²) in [5.74, 6) is -1.94. The Balaban J connectivity index is 2.02. The van der Waals surface area contributed by atoms with E-state index >= 15 is 0 Å². The summed E-state index contributed by atoms with van der Waals surface area (Å²) in [5.41, 5.74) is 0. The van der Waals surface area contributed by atoms with Crippen molar-refractivity contribution in [2.45, 2.75) is 55.9 Å². The molecule has 9 atom stereocenters. The molecular weight excluding hydrogens is 316 g/mol. The maximum atomic E-state index is 10.9. The normalized spacial score (nSPS) is 48.2. The van der Waals surface area contributed by atoms with E-state index in [1.165, 1.54) is 0 Å². The molecule has 0 amide bonds. The van der Waals surface area contributed by atoms with E-state index in [9.17, 15) is 25.2 Å². The van der Waals surface area contributed by atoms with Crippen molar-refractivity contribution in [3.05, 3.63) is 0 Å². The third-order valence-electron chi connectivity index (χ3n) is 4.28. The number of rotatable bonds is 4. The van der Waals surface area contributed by atoms with Gasteiger partial charge in [-0.05, 0) is 0 Å².